The molecule has 0 saturated carbocycles. The maximum absolute atomic E-state index is 6.11. The van der Waals surface area contributed by atoms with Gasteiger partial charge in [0.25, 0.3) is 0 Å². The van der Waals surface area contributed by atoms with E-state index in [4.69, 9.17) is 4.74 Å². The first kappa shape index (κ1) is 16.1. The lowest BCUT2D eigenvalue weighted by Gasteiger charge is -2.29. The van der Waals surface area contributed by atoms with Crippen LogP contribution in [0.25, 0.3) is 0 Å². The van der Waals surface area contributed by atoms with Crippen molar-refractivity contribution in [2.24, 2.45) is 11.3 Å². The van der Waals surface area contributed by atoms with Gasteiger partial charge in [0.15, 0.2) is 0 Å². The maximum atomic E-state index is 6.11. The van der Waals surface area contributed by atoms with Crippen LogP contribution in [0.5, 0.6) is 5.75 Å². The van der Waals surface area contributed by atoms with E-state index >= 15 is 0 Å². The van der Waals surface area contributed by atoms with E-state index in [1.54, 1.807) is 0 Å². The highest BCUT2D eigenvalue weighted by atomic mass is 16.5. The normalized spacial score (nSPS) is 20.0. The van der Waals surface area contributed by atoms with Crippen LogP contribution in [-0.2, 0) is 6.42 Å². The number of ether oxygens (including phenoxy) is 1. The SMILES string of the molecule is C=CC(C)(CNCC(C)C)CC1Cc2cc(C)ccc2O1. The molecule has 0 aliphatic carbocycles. The summed E-state index contributed by atoms with van der Waals surface area (Å²) in [6, 6.07) is 6.47. The quantitative estimate of drug-likeness (QED) is 0.761. The minimum absolute atomic E-state index is 0.0800. The smallest absolute Gasteiger partial charge is 0.123 e. The van der Waals surface area contributed by atoms with E-state index in [1.807, 2.05) is 0 Å². The zero-order valence-electron chi connectivity index (χ0n) is 13.9. The maximum Gasteiger partial charge on any atom is 0.123 e. The van der Waals surface area contributed by atoms with Gasteiger partial charge in [0.2, 0.25) is 0 Å². The lowest BCUT2D eigenvalue weighted by Crippen LogP contribution is -2.36. The van der Waals surface area contributed by atoms with Crippen LogP contribution in [0.2, 0.25) is 0 Å². The molecule has 0 saturated heterocycles. The van der Waals surface area contributed by atoms with Gasteiger partial charge >= 0.3 is 0 Å². The summed E-state index contributed by atoms with van der Waals surface area (Å²) in [7, 11) is 0. The Hall–Kier alpha value is -1.28. The van der Waals surface area contributed by atoms with Crippen LogP contribution >= 0.6 is 0 Å². The average molecular weight is 287 g/mol. The summed E-state index contributed by atoms with van der Waals surface area (Å²) in [5.41, 5.74) is 2.74. The molecule has 1 aromatic carbocycles. The van der Waals surface area contributed by atoms with Gasteiger partial charge in [0, 0.05) is 18.4 Å². The molecule has 2 heteroatoms. The molecule has 1 heterocycles. The first-order chi connectivity index (χ1) is 9.92. The second kappa shape index (κ2) is 6.65. The molecule has 0 amide bonds. The zero-order valence-corrected chi connectivity index (χ0v) is 13.9. The predicted octanol–water partition coefficient (Wildman–Crippen LogP) is 4.13. The van der Waals surface area contributed by atoms with Crippen molar-refractivity contribution >= 4 is 0 Å². The topological polar surface area (TPSA) is 21.3 Å². The molecular weight excluding hydrogens is 258 g/mol. The number of hydrogen-bond acceptors (Lipinski definition) is 2. The van der Waals surface area contributed by atoms with Crippen molar-refractivity contribution in [2.75, 3.05) is 13.1 Å². The highest BCUT2D eigenvalue weighted by Crippen LogP contribution is 2.35. The van der Waals surface area contributed by atoms with Crippen LogP contribution in [0.15, 0.2) is 30.9 Å². The Morgan fingerprint density at radius 1 is 1.48 bits per heavy atom. The summed E-state index contributed by atoms with van der Waals surface area (Å²) in [6.07, 6.45) is 4.38. The van der Waals surface area contributed by atoms with Crippen LogP contribution in [0.1, 0.15) is 38.3 Å². The molecule has 1 N–H and O–H groups in total. The Morgan fingerprint density at radius 2 is 2.24 bits per heavy atom. The van der Waals surface area contributed by atoms with Crippen LogP contribution in [0, 0.1) is 18.3 Å². The van der Waals surface area contributed by atoms with Gasteiger partial charge in [-0.05, 0) is 37.4 Å². The molecule has 2 atom stereocenters. The van der Waals surface area contributed by atoms with E-state index in [0.29, 0.717) is 5.92 Å². The molecular formula is C19H29NO. The van der Waals surface area contributed by atoms with Crippen LogP contribution in [0.3, 0.4) is 0 Å². The summed E-state index contributed by atoms with van der Waals surface area (Å²) >= 11 is 0. The number of rotatable bonds is 7. The summed E-state index contributed by atoms with van der Waals surface area (Å²) in [5, 5.41) is 3.55. The van der Waals surface area contributed by atoms with Crippen molar-refractivity contribution in [3.8, 4) is 5.75 Å². The molecule has 1 aliphatic rings. The minimum Gasteiger partial charge on any atom is -0.490 e. The first-order valence-corrected chi connectivity index (χ1v) is 8.02. The summed E-state index contributed by atoms with van der Waals surface area (Å²) in [6.45, 7) is 14.9. The van der Waals surface area contributed by atoms with Gasteiger partial charge in [-0.25, -0.2) is 0 Å². The number of fused-ring (bicyclic) bond motifs is 1. The van der Waals surface area contributed by atoms with Gasteiger partial charge in [-0.3, -0.25) is 0 Å². The van der Waals surface area contributed by atoms with Gasteiger partial charge in [-0.15, -0.1) is 6.58 Å². The number of hydrogen-bond donors (Lipinski definition) is 1. The van der Waals surface area contributed by atoms with E-state index in [0.717, 1.165) is 31.7 Å². The fraction of sp³-hybridized carbons (Fsp3) is 0.579. The molecule has 2 unspecified atom stereocenters. The van der Waals surface area contributed by atoms with Crippen LogP contribution < -0.4 is 10.1 Å². The molecule has 1 aliphatic heterocycles. The number of benzene rings is 1. The summed E-state index contributed by atoms with van der Waals surface area (Å²) in [5.74, 6) is 1.74. The lowest BCUT2D eigenvalue weighted by atomic mass is 9.83. The zero-order chi connectivity index (χ0) is 15.5. The second-order valence-electron chi connectivity index (χ2n) is 7.14. The second-order valence-corrected chi connectivity index (χ2v) is 7.14. The summed E-state index contributed by atoms with van der Waals surface area (Å²) in [4.78, 5) is 0. The van der Waals surface area contributed by atoms with Crippen molar-refractivity contribution in [3.05, 3.63) is 42.0 Å². The number of aryl methyl sites for hydroxylation is 1. The highest BCUT2D eigenvalue weighted by molar-refractivity contribution is 5.40. The summed E-state index contributed by atoms with van der Waals surface area (Å²) < 4.78 is 6.11. The molecule has 0 fully saturated rings. The largest absolute Gasteiger partial charge is 0.490 e. The van der Waals surface area contributed by atoms with Gasteiger partial charge in [-0.2, -0.15) is 0 Å². The molecule has 0 spiro atoms. The van der Waals surface area contributed by atoms with Crippen LogP contribution in [0.4, 0.5) is 0 Å². The molecule has 116 valence electrons. The van der Waals surface area contributed by atoms with Gasteiger partial charge in [0.1, 0.15) is 11.9 Å². The van der Waals surface area contributed by atoms with Crippen molar-refractivity contribution in [2.45, 2.75) is 46.6 Å². The third-order valence-corrected chi connectivity index (χ3v) is 4.23. The van der Waals surface area contributed by atoms with Gasteiger partial charge in [0.05, 0.1) is 0 Å². The molecule has 1 aromatic rings. The van der Waals surface area contributed by atoms with E-state index in [9.17, 15) is 0 Å². The fourth-order valence-electron chi connectivity index (χ4n) is 2.96. The monoisotopic (exact) mass is 287 g/mol. The predicted molar refractivity (Wildman–Crippen MR) is 89.9 cm³/mol. The Balaban J connectivity index is 1.93. The third-order valence-electron chi connectivity index (χ3n) is 4.23. The van der Waals surface area contributed by atoms with E-state index in [1.165, 1.54) is 11.1 Å². The standard InChI is InChI=1S/C19H29NO/c1-6-19(5,13-20-12-14(2)3)11-17-10-16-9-15(4)7-8-18(16)21-17/h6-9,14,17,20H,1,10-13H2,2-5H3. The van der Waals surface area contributed by atoms with Gasteiger partial charge < -0.3 is 10.1 Å². The average Bonchev–Trinajstić information content (AvgIpc) is 2.79. The van der Waals surface area contributed by atoms with Crippen molar-refractivity contribution < 1.29 is 4.74 Å². The Kier molecular flexibility index (Phi) is 5.10. The first-order valence-electron chi connectivity index (χ1n) is 8.02. The van der Waals surface area contributed by atoms with Crippen molar-refractivity contribution in [1.82, 2.24) is 5.32 Å². The van der Waals surface area contributed by atoms with E-state index < -0.39 is 0 Å². The Labute approximate surface area is 129 Å². The molecule has 2 rings (SSSR count). The molecule has 2 nitrogen and oxygen atoms in total. The third kappa shape index (κ3) is 4.34. The van der Waals surface area contributed by atoms with Crippen LogP contribution in [-0.4, -0.2) is 19.2 Å². The van der Waals surface area contributed by atoms with Crippen molar-refractivity contribution in [1.29, 1.82) is 0 Å². The van der Waals surface area contributed by atoms with E-state index in [-0.39, 0.29) is 11.5 Å². The molecule has 0 radical (unpaired) electrons. The Morgan fingerprint density at radius 3 is 2.90 bits per heavy atom. The van der Waals surface area contributed by atoms with Gasteiger partial charge in [-0.1, -0.05) is 44.5 Å². The minimum atomic E-state index is 0.0800. The Bertz CT molecular complexity index is 494. The number of nitrogens with one attached hydrogen (secondary N) is 1. The van der Waals surface area contributed by atoms with Crippen molar-refractivity contribution in [3.63, 3.8) is 0 Å². The fourth-order valence-corrected chi connectivity index (χ4v) is 2.96. The van der Waals surface area contributed by atoms with E-state index in [2.05, 4.69) is 63.9 Å². The molecule has 21 heavy (non-hydrogen) atoms. The molecule has 0 aromatic heterocycles. The molecule has 0 bridgehead atoms. The lowest BCUT2D eigenvalue weighted by molar-refractivity contribution is 0.169. The highest BCUT2D eigenvalue weighted by Gasteiger charge is 2.30.